The van der Waals surface area contributed by atoms with Gasteiger partial charge < -0.3 is 20.5 Å². The van der Waals surface area contributed by atoms with Gasteiger partial charge in [-0.3, -0.25) is 0 Å². The molecule has 0 radical (unpaired) electrons. The first kappa shape index (κ1) is 16.8. The molecule has 7 heteroatoms. The fraction of sp³-hybridized carbons (Fsp3) is 0.412. The number of anilines is 2. The van der Waals surface area contributed by atoms with Crippen molar-refractivity contribution in [1.29, 1.82) is 0 Å². The molecule has 1 aliphatic rings. The number of nitrogens with zero attached hydrogens (tertiary/aromatic N) is 3. The number of rotatable bonds is 2. The van der Waals surface area contributed by atoms with Crippen LogP contribution in [-0.2, 0) is 4.74 Å². The van der Waals surface area contributed by atoms with Gasteiger partial charge in [0.05, 0.1) is 12.6 Å². The van der Waals surface area contributed by atoms with Gasteiger partial charge >= 0.3 is 0 Å². The zero-order valence-electron chi connectivity index (χ0n) is 13.8. The third kappa shape index (κ3) is 3.39. The topological polar surface area (TPSA) is 84.5 Å². The number of aryl methyl sites for hydroxylation is 2. The number of aromatic hydroxyl groups is 1. The van der Waals surface area contributed by atoms with Crippen molar-refractivity contribution in [3.8, 4) is 5.75 Å². The molecule has 0 amide bonds. The Balaban J connectivity index is 2.06. The van der Waals surface area contributed by atoms with Gasteiger partial charge in [-0.2, -0.15) is 4.98 Å². The molecular formula is C17H21ClN4O2. The number of ether oxygens (including phenoxy) is 1. The molecule has 3 N–H and O–H groups in total. The first-order valence-corrected chi connectivity index (χ1v) is 8.28. The van der Waals surface area contributed by atoms with Gasteiger partial charge in [-0.25, -0.2) is 4.98 Å². The van der Waals surface area contributed by atoms with E-state index in [4.69, 9.17) is 22.1 Å². The molecule has 1 aromatic heterocycles. The maximum absolute atomic E-state index is 10.1. The number of phenolic OH excluding ortho intramolecular Hbond substituents is 1. The second kappa shape index (κ2) is 6.83. The molecule has 1 atom stereocenters. The van der Waals surface area contributed by atoms with Crippen LogP contribution < -0.4 is 10.6 Å². The molecule has 6 nitrogen and oxygen atoms in total. The average Bonchev–Trinajstić information content (AvgIpc) is 2.75. The van der Waals surface area contributed by atoms with Crippen LogP contribution in [0, 0.1) is 13.8 Å². The van der Waals surface area contributed by atoms with Crippen molar-refractivity contribution in [1.82, 2.24) is 9.97 Å². The van der Waals surface area contributed by atoms with E-state index in [1.54, 1.807) is 12.1 Å². The summed E-state index contributed by atoms with van der Waals surface area (Å²) in [6.07, 6.45) is 0.870. The summed E-state index contributed by atoms with van der Waals surface area (Å²) < 4.78 is 5.74. The molecule has 128 valence electrons. The Morgan fingerprint density at radius 3 is 2.83 bits per heavy atom. The summed E-state index contributed by atoms with van der Waals surface area (Å²) in [6, 6.07) is 5.23. The van der Waals surface area contributed by atoms with Crippen molar-refractivity contribution < 1.29 is 9.84 Å². The predicted octanol–water partition coefficient (Wildman–Crippen LogP) is 3.00. The lowest BCUT2D eigenvalue weighted by molar-refractivity contribution is 0.134. The van der Waals surface area contributed by atoms with Crippen LogP contribution in [0.5, 0.6) is 5.75 Å². The molecule has 3 rings (SSSR count). The number of hydrogen-bond donors (Lipinski definition) is 2. The first-order chi connectivity index (χ1) is 11.5. The van der Waals surface area contributed by atoms with E-state index < -0.39 is 0 Å². The number of nitrogens with two attached hydrogens (primary N) is 1. The van der Waals surface area contributed by atoms with Crippen LogP contribution >= 0.6 is 11.6 Å². The van der Waals surface area contributed by atoms with Crippen LogP contribution in [0.2, 0.25) is 5.02 Å². The molecule has 0 spiro atoms. The summed E-state index contributed by atoms with van der Waals surface area (Å²) in [4.78, 5) is 10.6. The summed E-state index contributed by atoms with van der Waals surface area (Å²) in [5.74, 6) is 1.20. The van der Waals surface area contributed by atoms with E-state index in [-0.39, 0.29) is 17.7 Å². The van der Waals surface area contributed by atoms with Crippen LogP contribution in [0.25, 0.3) is 0 Å². The predicted molar refractivity (Wildman–Crippen MR) is 94.6 cm³/mol. The summed E-state index contributed by atoms with van der Waals surface area (Å²) in [6.45, 7) is 5.59. The number of halogens is 1. The molecule has 0 saturated carbocycles. The van der Waals surface area contributed by atoms with Crippen molar-refractivity contribution in [2.24, 2.45) is 0 Å². The van der Waals surface area contributed by atoms with Gasteiger partial charge in [-0.05, 0) is 43.5 Å². The fourth-order valence-corrected chi connectivity index (χ4v) is 3.31. The van der Waals surface area contributed by atoms with Gasteiger partial charge in [0, 0.05) is 29.9 Å². The van der Waals surface area contributed by atoms with Gasteiger partial charge in [-0.1, -0.05) is 11.6 Å². The maximum atomic E-state index is 10.1. The van der Waals surface area contributed by atoms with Crippen molar-refractivity contribution >= 4 is 23.4 Å². The highest BCUT2D eigenvalue weighted by Gasteiger charge is 2.27. The Labute approximate surface area is 146 Å². The average molecular weight is 349 g/mol. The van der Waals surface area contributed by atoms with Crippen LogP contribution in [0.3, 0.4) is 0 Å². The zero-order chi connectivity index (χ0) is 17.3. The molecule has 1 fully saturated rings. The standard InChI is InChI=1S/C17H21ClN4O2/c1-10-6-13(18)12(8-15(10)23)14-9-24-5-3-4-22(14)16-7-11(2)20-17(19)21-16/h6-8,14,23H,3-5,9H2,1-2H3,(H2,19,20,21). The smallest absolute Gasteiger partial charge is 0.222 e. The molecule has 1 aliphatic heterocycles. The lowest BCUT2D eigenvalue weighted by atomic mass is 10.0. The number of phenols is 1. The third-order valence-electron chi connectivity index (χ3n) is 4.17. The number of aromatic nitrogens is 2. The summed E-state index contributed by atoms with van der Waals surface area (Å²) >= 11 is 6.45. The molecule has 0 aliphatic carbocycles. The molecule has 2 aromatic rings. The third-order valence-corrected chi connectivity index (χ3v) is 4.49. The van der Waals surface area contributed by atoms with Gasteiger partial charge in [-0.15, -0.1) is 0 Å². The lowest BCUT2D eigenvalue weighted by Crippen LogP contribution is -2.32. The second-order valence-electron chi connectivity index (χ2n) is 6.02. The Hall–Kier alpha value is -2.05. The van der Waals surface area contributed by atoms with Crippen molar-refractivity contribution in [3.63, 3.8) is 0 Å². The molecule has 0 bridgehead atoms. The second-order valence-corrected chi connectivity index (χ2v) is 6.43. The van der Waals surface area contributed by atoms with E-state index in [0.29, 0.717) is 18.2 Å². The van der Waals surface area contributed by atoms with E-state index >= 15 is 0 Å². The van der Waals surface area contributed by atoms with E-state index in [1.807, 2.05) is 19.9 Å². The molecule has 1 saturated heterocycles. The highest BCUT2D eigenvalue weighted by atomic mass is 35.5. The normalized spacial score (nSPS) is 18.5. The monoisotopic (exact) mass is 348 g/mol. The molecule has 1 aromatic carbocycles. The van der Waals surface area contributed by atoms with Crippen LogP contribution in [0.4, 0.5) is 11.8 Å². The quantitative estimate of drug-likeness (QED) is 0.867. The first-order valence-electron chi connectivity index (χ1n) is 7.90. The van der Waals surface area contributed by atoms with Crippen LogP contribution in [0.1, 0.15) is 29.3 Å². The van der Waals surface area contributed by atoms with Crippen molar-refractivity contribution in [3.05, 3.63) is 40.0 Å². The van der Waals surface area contributed by atoms with Crippen LogP contribution in [-0.4, -0.2) is 34.8 Å². The molecular weight excluding hydrogens is 328 g/mol. The van der Waals surface area contributed by atoms with E-state index in [9.17, 15) is 5.11 Å². The van der Waals surface area contributed by atoms with E-state index in [2.05, 4.69) is 14.9 Å². The fourth-order valence-electron chi connectivity index (χ4n) is 2.96. The van der Waals surface area contributed by atoms with Gasteiger partial charge in [0.2, 0.25) is 5.95 Å². The SMILES string of the molecule is Cc1cc(N2CCCOCC2c2cc(O)c(C)cc2Cl)nc(N)n1. The Morgan fingerprint density at radius 2 is 2.08 bits per heavy atom. The Morgan fingerprint density at radius 1 is 1.29 bits per heavy atom. The summed E-state index contributed by atoms with van der Waals surface area (Å²) in [7, 11) is 0. The Kier molecular flexibility index (Phi) is 4.78. The highest BCUT2D eigenvalue weighted by molar-refractivity contribution is 6.31. The van der Waals surface area contributed by atoms with E-state index in [0.717, 1.165) is 35.6 Å². The van der Waals surface area contributed by atoms with Gasteiger partial charge in [0.15, 0.2) is 0 Å². The van der Waals surface area contributed by atoms with Crippen LogP contribution in [0.15, 0.2) is 18.2 Å². The minimum Gasteiger partial charge on any atom is -0.508 e. The number of benzene rings is 1. The Bertz CT molecular complexity index is 733. The van der Waals surface area contributed by atoms with Gasteiger partial charge in [0.1, 0.15) is 11.6 Å². The molecule has 2 heterocycles. The van der Waals surface area contributed by atoms with Crippen molar-refractivity contribution in [2.45, 2.75) is 26.3 Å². The zero-order valence-corrected chi connectivity index (χ0v) is 14.5. The minimum atomic E-state index is -0.153. The molecule has 24 heavy (non-hydrogen) atoms. The largest absolute Gasteiger partial charge is 0.508 e. The van der Waals surface area contributed by atoms with E-state index in [1.165, 1.54) is 0 Å². The summed E-state index contributed by atoms with van der Waals surface area (Å²) in [5.41, 5.74) is 8.18. The molecule has 1 unspecified atom stereocenters. The maximum Gasteiger partial charge on any atom is 0.222 e. The number of hydrogen-bond acceptors (Lipinski definition) is 6. The summed E-state index contributed by atoms with van der Waals surface area (Å²) in [5, 5.41) is 10.7. The minimum absolute atomic E-state index is 0.153. The lowest BCUT2D eigenvalue weighted by Gasteiger charge is -2.31. The van der Waals surface area contributed by atoms with Crippen molar-refractivity contribution in [2.75, 3.05) is 30.4 Å². The highest BCUT2D eigenvalue weighted by Crippen LogP contribution is 2.36. The number of nitrogen functional groups attached to an aromatic ring is 1. The van der Waals surface area contributed by atoms with Gasteiger partial charge in [0.25, 0.3) is 0 Å².